The molecule has 0 radical (unpaired) electrons. The highest BCUT2D eigenvalue weighted by Crippen LogP contribution is 2.58. The molecule has 0 atom stereocenters. The van der Waals surface area contributed by atoms with Gasteiger partial charge in [0, 0.05) is 32.4 Å². The van der Waals surface area contributed by atoms with Crippen LogP contribution in [-0.2, 0) is 37.9 Å². The molecule has 10 rings (SSSR count). The fourth-order valence-corrected chi connectivity index (χ4v) is 14.7. The van der Waals surface area contributed by atoms with Crippen molar-refractivity contribution in [3.05, 3.63) is 110 Å². The van der Waals surface area contributed by atoms with Crippen molar-refractivity contribution in [3.8, 4) is 0 Å². The lowest BCUT2D eigenvalue weighted by Gasteiger charge is -2.48. The Morgan fingerprint density at radius 3 is 1.57 bits per heavy atom. The maximum Gasteiger partial charge on any atom is 0.264 e. The number of aryl methyl sites for hydroxylation is 3. The van der Waals surface area contributed by atoms with Crippen LogP contribution in [0.2, 0.25) is 0 Å². The van der Waals surface area contributed by atoms with Gasteiger partial charge in [-0.25, -0.2) is 0 Å². The van der Waals surface area contributed by atoms with Crippen molar-refractivity contribution in [3.63, 3.8) is 0 Å². The molecular formula is C59H75BN2S. The third kappa shape index (κ3) is 6.21. The molecule has 3 heterocycles. The molecule has 0 spiro atoms. The van der Waals surface area contributed by atoms with Crippen LogP contribution in [0.25, 0.3) is 0 Å². The van der Waals surface area contributed by atoms with E-state index in [9.17, 15) is 0 Å². The standard InChI is InChI=1S/C59H75BN2S/c1-34-27-45-48-46(28-34)62(49-35(2)29-37(30-36(49)3)53(4,5)6)50-47-51(59(17,18)26-25-58(47,15)16)63-52(50)60(48)43-32-41-42(57(13,14)24-23-56(41,11)12)33-44(43)61(45)38-19-20-39-40(31-38)55(9,10)22-21-54(39,7)8/h19-20,27-33H,21-26H2,1-18H3. The van der Waals surface area contributed by atoms with Gasteiger partial charge in [-0.1, -0.05) is 128 Å². The summed E-state index contributed by atoms with van der Waals surface area (Å²) in [6.07, 6.45) is 7.22. The number of thiophene rings is 1. The van der Waals surface area contributed by atoms with E-state index in [0.29, 0.717) is 0 Å². The molecule has 63 heavy (non-hydrogen) atoms. The van der Waals surface area contributed by atoms with Crippen LogP contribution in [-0.4, -0.2) is 6.71 Å². The highest BCUT2D eigenvalue weighted by atomic mass is 32.1. The average molecular weight is 855 g/mol. The van der Waals surface area contributed by atoms with Crippen molar-refractivity contribution in [2.45, 2.75) is 201 Å². The predicted octanol–water partition coefficient (Wildman–Crippen LogP) is 15.1. The highest BCUT2D eigenvalue weighted by Gasteiger charge is 2.52. The number of benzene rings is 4. The molecule has 5 aromatic rings. The van der Waals surface area contributed by atoms with Gasteiger partial charge in [0.25, 0.3) is 6.71 Å². The zero-order valence-electron chi connectivity index (χ0n) is 42.3. The Bertz CT molecular complexity index is 2760. The molecule has 2 aliphatic heterocycles. The first-order valence-electron chi connectivity index (χ1n) is 24.4. The summed E-state index contributed by atoms with van der Waals surface area (Å²) in [6, 6.07) is 23.1. The first-order chi connectivity index (χ1) is 29.1. The van der Waals surface area contributed by atoms with E-state index in [1.807, 2.05) is 0 Å². The largest absolute Gasteiger partial charge is 0.311 e. The first-order valence-corrected chi connectivity index (χ1v) is 25.3. The van der Waals surface area contributed by atoms with Crippen molar-refractivity contribution in [2.75, 3.05) is 9.80 Å². The first kappa shape index (κ1) is 43.2. The molecule has 0 saturated heterocycles. The minimum absolute atomic E-state index is 0.0413. The van der Waals surface area contributed by atoms with Gasteiger partial charge < -0.3 is 9.80 Å². The van der Waals surface area contributed by atoms with Crippen LogP contribution in [0, 0.1) is 20.8 Å². The molecule has 330 valence electrons. The van der Waals surface area contributed by atoms with Gasteiger partial charge in [-0.2, -0.15) is 11.3 Å². The van der Waals surface area contributed by atoms with E-state index in [1.165, 1.54) is 123 Å². The van der Waals surface area contributed by atoms with E-state index in [1.54, 1.807) is 20.8 Å². The Hall–Kier alpha value is -3.76. The van der Waals surface area contributed by atoms with Gasteiger partial charge >= 0.3 is 0 Å². The van der Waals surface area contributed by atoms with E-state index < -0.39 is 0 Å². The molecule has 0 amide bonds. The quantitative estimate of drug-likeness (QED) is 0.160. The lowest BCUT2D eigenvalue weighted by Crippen LogP contribution is -2.61. The highest BCUT2D eigenvalue weighted by molar-refractivity contribution is 7.29. The van der Waals surface area contributed by atoms with Gasteiger partial charge in [0.05, 0.1) is 11.4 Å². The van der Waals surface area contributed by atoms with Gasteiger partial charge in [0.15, 0.2) is 0 Å². The van der Waals surface area contributed by atoms with E-state index in [2.05, 4.69) is 200 Å². The summed E-state index contributed by atoms with van der Waals surface area (Å²) < 4.78 is 1.54. The van der Waals surface area contributed by atoms with Crippen molar-refractivity contribution in [1.82, 2.24) is 0 Å². The van der Waals surface area contributed by atoms with E-state index in [-0.39, 0.29) is 44.6 Å². The van der Waals surface area contributed by atoms with Crippen LogP contribution in [0.4, 0.5) is 34.1 Å². The third-order valence-electron chi connectivity index (χ3n) is 17.3. The Morgan fingerprint density at radius 2 is 1.00 bits per heavy atom. The maximum atomic E-state index is 2.81. The number of nitrogens with zero attached hydrogens (tertiary/aromatic N) is 2. The Kier molecular flexibility index (Phi) is 9.04. The summed E-state index contributed by atoms with van der Waals surface area (Å²) >= 11 is 2.16. The number of hydrogen-bond donors (Lipinski definition) is 0. The second kappa shape index (κ2) is 13.2. The van der Waals surface area contributed by atoms with Crippen LogP contribution in [0.3, 0.4) is 0 Å². The number of rotatable bonds is 2. The average Bonchev–Trinajstić information content (AvgIpc) is 3.60. The molecule has 1 aromatic heterocycles. The second-order valence-electron chi connectivity index (χ2n) is 26.0. The Labute approximate surface area is 386 Å². The van der Waals surface area contributed by atoms with Gasteiger partial charge in [-0.3, -0.25) is 0 Å². The summed E-state index contributed by atoms with van der Waals surface area (Å²) in [5.41, 5.74) is 25.0. The third-order valence-corrected chi connectivity index (χ3v) is 18.9. The Morgan fingerprint density at radius 1 is 0.508 bits per heavy atom. The van der Waals surface area contributed by atoms with Crippen molar-refractivity contribution >= 4 is 67.9 Å². The van der Waals surface area contributed by atoms with Crippen molar-refractivity contribution in [2.24, 2.45) is 0 Å². The Balaban J connectivity index is 1.36. The van der Waals surface area contributed by atoms with Crippen LogP contribution in [0.5, 0.6) is 0 Å². The molecule has 0 bridgehead atoms. The molecule has 3 aliphatic carbocycles. The molecule has 0 N–H and O–H groups in total. The fourth-order valence-electron chi connectivity index (χ4n) is 12.9. The number of anilines is 6. The molecular weight excluding hydrogens is 780 g/mol. The van der Waals surface area contributed by atoms with Crippen LogP contribution < -0.4 is 25.5 Å². The summed E-state index contributed by atoms with van der Waals surface area (Å²) in [6.45, 7) is 44.4. The van der Waals surface area contributed by atoms with Gasteiger partial charge in [0.2, 0.25) is 0 Å². The molecule has 2 nitrogen and oxygen atoms in total. The number of fused-ring (bicyclic) bond motifs is 8. The van der Waals surface area contributed by atoms with Gasteiger partial charge in [0.1, 0.15) is 0 Å². The monoisotopic (exact) mass is 855 g/mol. The zero-order valence-corrected chi connectivity index (χ0v) is 43.1. The van der Waals surface area contributed by atoms with Crippen LogP contribution >= 0.6 is 11.3 Å². The normalized spacial score (nSPS) is 21.5. The van der Waals surface area contributed by atoms with Gasteiger partial charge in [-0.15, -0.1) is 0 Å². The van der Waals surface area contributed by atoms with Crippen molar-refractivity contribution in [1.29, 1.82) is 0 Å². The minimum Gasteiger partial charge on any atom is -0.311 e. The lowest BCUT2D eigenvalue weighted by molar-refractivity contribution is 0.332. The summed E-state index contributed by atoms with van der Waals surface area (Å²) in [5, 5.41) is 0. The lowest BCUT2D eigenvalue weighted by atomic mass is 9.35. The molecule has 4 heteroatoms. The van der Waals surface area contributed by atoms with E-state index >= 15 is 0 Å². The van der Waals surface area contributed by atoms with Crippen LogP contribution in [0.15, 0.2) is 54.6 Å². The summed E-state index contributed by atoms with van der Waals surface area (Å²) in [4.78, 5) is 7.14. The summed E-state index contributed by atoms with van der Waals surface area (Å²) in [7, 11) is 0. The summed E-state index contributed by atoms with van der Waals surface area (Å²) in [5.74, 6) is 0. The maximum absolute atomic E-state index is 2.81. The van der Waals surface area contributed by atoms with Gasteiger partial charge in [-0.05, 0) is 189 Å². The van der Waals surface area contributed by atoms with Crippen LogP contribution in [0.1, 0.15) is 197 Å². The van der Waals surface area contributed by atoms with E-state index in [0.717, 1.165) is 0 Å². The topological polar surface area (TPSA) is 6.48 Å². The zero-order chi connectivity index (χ0) is 45.5. The molecule has 4 aromatic carbocycles. The smallest absolute Gasteiger partial charge is 0.264 e. The van der Waals surface area contributed by atoms with E-state index in [4.69, 9.17) is 0 Å². The molecule has 0 saturated carbocycles. The minimum atomic E-state index is 0.0413. The fraction of sp³-hybridized carbons (Fsp3) is 0.525. The number of hydrogen-bond acceptors (Lipinski definition) is 3. The molecule has 0 fully saturated rings. The second-order valence-corrected chi connectivity index (χ2v) is 27.1. The molecule has 5 aliphatic rings. The predicted molar refractivity (Wildman–Crippen MR) is 277 cm³/mol. The SMILES string of the molecule is Cc1cc2c3c(c1)N(c1c(C)cc(C(C)(C)C)cc1C)c1c(sc4c1C(C)(C)CCC4(C)C)B3c1cc3c(cc1N2c1ccc2c(c1)C(C)(C)CCC2(C)C)C(C)(C)CCC3(C)C. The van der Waals surface area contributed by atoms with Crippen molar-refractivity contribution < 1.29 is 0 Å². The molecule has 0 unspecified atom stereocenters.